The van der Waals surface area contributed by atoms with Gasteiger partial charge in [-0.25, -0.2) is 0 Å². The molecule has 0 aliphatic rings. The smallest absolute Gasteiger partial charge is 0.0815 e. The number of rotatable bonds is 3. The highest BCUT2D eigenvalue weighted by atomic mass is 35.5. The van der Waals surface area contributed by atoms with Crippen LogP contribution in [0.5, 0.6) is 0 Å². The van der Waals surface area contributed by atoms with E-state index in [2.05, 4.69) is 6.92 Å². The maximum absolute atomic E-state index is 9.95. The van der Waals surface area contributed by atoms with Crippen LogP contribution >= 0.6 is 11.6 Å². The third-order valence-corrected chi connectivity index (χ3v) is 3.13. The van der Waals surface area contributed by atoms with Crippen LogP contribution in [0.3, 0.4) is 0 Å². The van der Waals surface area contributed by atoms with Crippen LogP contribution in [0, 0.1) is 12.8 Å². The Balaban J connectivity index is 2.91. The zero-order valence-electron chi connectivity index (χ0n) is 8.92. The van der Waals surface area contributed by atoms with E-state index in [1.807, 2.05) is 32.0 Å². The summed E-state index contributed by atoms with van der Waals surface area (Å²) in [5, 5.41) is 10.7. The van der Waals surface area contributed by atoms with Gasteiger partial charge in [0.25, 0.3) is 0 Å². The van der Waals surface area contributed by atoms with Crippen LogP contribution in [0.15, 0.2) is 18.2 Å². The summed E-state index contributed by atoms with van der Waals surface area (Å²) in [6.07, 6.45) is 0.560. The quantitative estimate of drug-likeness (QED) is 0.810. The monoisotopic (exact) mass is 212 g/mol. The number of aryl methyl sites for hydroxylation is 1. The van der Waals surface area contributed by atoms with E-state index >= 15 is 0 Å². The molecular formula is C12H17ClO. The van der Waals surface area contributed by atoms with Crippen LogP contribution < -0.4 is 0 Å². The van der Waals surface area contributed by atoms with Gasteiger partial charge in [-0.05, 0) is 30.0 Å². The summed E-state index contributed by atoms with van der Waals surface area (Å²) in [6.45, 7) is 6.07. The fraction of sp³-hybridized carbons (Fsp3) is 0.500. The van der Waals surface area contributed by atoms with Gasteiger partial charge in [0.1, 0.15) is 0 Å². The average molecular weight is 213 g/mol. The van der Waals surface area contributed by atoms with Gasteiger partial charge in [0.05, 0.1) is 6.10 Å². The highest BCUT2D eigenvalue weighted by molar-refractivity contribution is 6.31. The summed E-state index contributed by atoms with van der Waals surface area (Å²) < 4.78 is 0. The van der Waals surface area contributed by atoms with Crippen molar-refractivity contribution in [2.24, 2.45) is 5.92 Å². The van der Waals surface area contributed by atoms with Crippen LogP contribution in [0.1, 0.15) is 37.5 Å². The summed E-state index contributed by atoms with van der Waals surface area (Å²) in [5.41, 5.74) is 1.96. The van der Waals surface area contributed by atoms with Gasteiger partial charge in [-0.2, -0.15) is 0 Å². The molecule has 2 unspecified atom stereocenters. The van der Waals surface area contributed by atoms with Crippen molar-refractivity contribution in [3.63, 3.8) is 0 Å². The minimum atomic E-state index is -0.405. The molecule has 0 aliphatic heterocycles. The number of aliphatic hydroxyl groups excluding tert-OH is 1. The third-order valence-electron chi connectivity index (χ3n) is 2.72. The summed E-state index contributed by atoms with van der Waals surface area (Å²) in [5.74, 6) is 0.272. The second kappa shape index (κ2) is 4.81. The molecule has 0 amide bonds. The van der Waals surface area contributed by atoms with Gasteiger partial charge >= 0.3 is 0 Å². The molecule has 0 aliphatic carbocycles. The zero-order chi connectivity index (χ0) is 10.7. The predicted octanol–water partition coefficient (Wildman–Crippen LogP) is 3.73. The van der Waals surface area contributed by atoms with Crippen LogP contribution in [-0.2, 0) is 0 Å². The number of benzene rings is 1. The number of aliphatic hydroxyl groups is 1. The van der Waals surface area contributed by atoms with Crippen molar-refractivity contribution in [1.82, 2.24) is 0 Å². The topological polar surface area (TPSA) is 20.2 Å². The van der Waals surface area contributed by atoms with Gasteiger partial charge in [-0.15, -0.1) is 0 Å². The molecule has 0 aromatic heterocycles. The van der Waals surface area contributed by atoms with Crippen LogP contribution in [0.2, 0.25) is 5.02 Å². The van der Waals surface area contributed by atoms with Crippen LogP contribution in [0.25, 0.3) is 0 Å². The largest absolute Gasteiger partial charge is 0.388 e. The molecule has 2 heteroatoms. The molecule has 78 valence electrons. The second-order valence-corrected chi connectivity index (χ2v) is 4.25. The van der Waals surface area contributed by atoms with E-state index in [1.54, 1.807) is 0 Å². The van der Waals surface area contributed by atoms with Gasteiger partial charge in [-0.3, -0.25) is 0 Å². The molecule has 2 atom stereocenters. The molecule has 1 nitrogen and oxygen atoms in total. The zero-order valence-corrected chi connectivity index (χ0v) is 9.67. The number of hydrogen-bond acceptors (Lipinski definition) is 1. The van der Waals surface area contributed by atoms with Gasteiger partial charge in [0, 0.05) is 5.02 Å². The molecule has 0 saturated carbocycles. The first kappa shape index (κ1) is 11.5. The first-order valence-corrected chi connectivity index (χ1v) is 5.38. The molecule has 14 heavy (non-hydrogen) atoms. The van der Waals surface area contributed by atoms with Crippen molar-refractivity contribution in [1.29, 1.82) is 0 Å². The SMILES string of the molecule is CCC(C)C(O)c1ccc(C)c(Cl)c1. The van der Waals surface area contributed by atoms with Crippen molar-refractivity contribution in [2.45, 2.75) is 33.3 Å². The van der Waals surface area contributed by atoms with Gasteiger partial charge in [0.15, 0.2) is 0 Å². The molecule has 0 fully saturated rings. The molecule has 1 rings (SSSR count). The predicted molar refractivity (Wildman–Crippen MR) is 60.6 cm³/mol. The molecule has 1 aromatic carbocycles. The van der Waals surface area contributed by atoms with Crippen molar-refractivity contribution in [3.05, 3.63) is 34.3 Å². The molecule has 0 heterocycles. The molecule has 0 radical (unpaired) electrons. The van der Waals surface area contributed by atoms with E-state index in [0.717, 1.165) is 22.6 Å². The standard InChI is InChI=1S/C12H17ClO/c1-4-8(2)12(14)10-6-5-9(3)11(13)7-10/h5-8,12,14H,4H2,1-3H3. The van der Waals surface area contributed by atoms with E-state index in [0.29, 0.717) is 0 Å². The second-order valence-electron chi connectivity index (χ2n) is 3.84. The molecule has 0 spiro atoms. The van der Waals surface area contributed by atoms with Crippen LogP contribution in [-0.4, -0.2) is 5.11 Å². The lowest BCUT2D eigenvalue weighted by molar-refractivity contribution is 0.115. The normalized spacial score (nSPS) is 15.2. The Hall–Kier alpha value is -0.530. The Morgan fingerprint density at radius 2 is 2.07 bits per heavy atom. The lowest BCUT2D eigenvalue weighted by Gasteiger charge is -2.18. The van der Waals surface area contributed by atoms with Crippen LogP contribution in [0.4, 0.5) is 0 Å². The van der Waals surface area contributed by atoms with Gasteiger partial charge in [-0.1, -0.05) is 44.0 Å². The molecule has 0 bridgehead atoms. The van der Waals surface area contributed by atoms with Crippen molar-refractivity contribution < 1.29 is 5.11 Å². The summed E-state index contributed by atoms with van der Waals surface area (Å²) in [4.78, 5) is 0. The van der Waals surface area contributed by atoms with Crippen molar-refractivity contribution in [2.75, 3.05) is 0 Å². The molecule has 0 saturated heterocycles. The first-order valence-electron chi connectivity index (χ1n) is 5.00. The van der Waals surface area contributed by atoms with Crippen molar-refractivity contribution >= 4 is 11.6 Å². The van der Waals surface area contributed by atoms with E-state index in [9.17, 15) is 5.11 Å². The Kier molecular flexibility index (Phi) is 3.97. The summed E-state index contributed by atoms with van der Waals surface area (Å²) in [7, 11) is 0. The average Bonchev–Trinajstić information content (AvgIpc) is 2.20. The summed E-state index contributed by atoms with van der Waals surface area (Å²) in [6, 6.07) is 5.75. The fourth-order valence-corrected chi connectivity index (χ4v) is 1.53. The Morgan fingerprint density at radius 3 is 2.57 bits per heavy atom. The summed E-state index contributed by atoms with van der Waals surface area (Å²) >= 11 is 5.99. The molecular weight excluding hydrogens is 196 g/mol. The van der Waals surface area contributed by atoms with Gasteiger partial charge in [0.2, 0.25) is 0 Å². The highest BCUT2D eigenvalue weighted by Gasteiger charge is 2.14. The fourth-order valence-electron chi connectivity index (χ4n) is 1.34. The minimum absolute atomic E-state index is 0.272. The Morgan fingerprint density at radius 1 is 1.43 bits per heavy atom. The molecule has 1 aromatic rings. The maximum Gasteiger partial charge on any atom is 0.0815 e. The van der Waals surface area contributed by atoms with E-state index in [1.165, 1.54) is 0 Å². The van der Waals surface area contributed by atoms with Crippen molar-refractivity contribution in [3.8, 4) is 0 Å². The van der Waals surface area contributed by atoms with E-state index in [-0.39, 0.29) is 5.92 Å². The van der Waals surface area contributed by atoms with E-state index < -0.39 is 6.10 Å². The molecule has 1 N–H and O–H groups in total. The lowest BCUT2D eigenvalue weighted by atomic mass is 9.95. The lowest BCUT2D eigenvalue weighted by Crippen LogP contribution is -2.08. The van der Waals surface area contributed by atoms with Gasteiger partial charge < -0.3 is 5.11 Å². The minimum Gasteiger partial charge on any atom is -0.388 e. The number of hydrogen-bond donors (Lipinski definition) is 1. The Bertz CT molecular complexity index is 309. The Labute approximate surface area is 90.7 Å². The highest BCUT2D eigenvalue weighted by Crippen LogP contribution is 2.27. The first-order chi connectivity index (χ1) is 6.56. The van der Waals surface area contributed by atoms with E-state index in [4.69, 9.17) is 11.6 Å². The maximum atomic E-state index is 9.95. The third kappa shape index (κ3) is 2.49. The number of halogens is 1.